The summed E-state index contributed by atoms with van der Waals surface area (Å²) in [5.74, 6) is -0.805. The van der Waals surface area contributed by atoms with E-state index in [9.17, 15) is 4.39 Å². The molecule has 0 radical (unpaired) electrons. The minimum absolute atomic E-state index is 0.100. The molecular weight excluding hydrogens is 239 g/mol. The fourth-order valence-corrected chi connectivity index (χ4v) is 2.21. The lowest BCUT2D eigenvalue weighted by Crippen LogP contribution is -2.14. The standard InChI is InChI=1S/C11H9FN4S/c12-7-2-1-3-8(10(7)11(13)14)17-9-6-15-4-5-16-9/h1-6H,(H3,13,14). The van der Waals surface area contributed by atoms with E-state index in [0.29, 0.717) is 9.92 Å². The summed E-state index contributed by atoms with van der Waals surface area (Å²) in [4.78, 5) is 8.54. The maximum Gasteiger partial charge on any atom is 0.135 e. The summed E-state index contributed by atoms with van der Waals surface area (Å²) in [6.07, 6.45) is 4.68. The number of nitrogens with zero attached hydrogens (tertiary/aromatic N) is 2. The maximum absolute atomic E-state index is 13.5. The fraction of sp³-hybridized carbons (Fsp3) is 0. The third kappa shape index (κ3) is 2.59. The molecule has 0 aliphatic carbocycles. The summed E-state index contributed by atoms with van der Waals surface area (Å²) in [5, 5.41) is 8.00. The van der Waals surface area contributed by atoms with E-state index in [1.807, 2.05) is 0 Å². The van der Waals surface area contributed by atoms with Crippen LogP contribution in [0.25, 0.3) is 0 Å². The predicted molar refractivity (Wildman–Crippen MR) is 63.6 cm³/mol. The van der Waals surface area contributed by atoms with Crippen LogP contribution in [0.2, 0.25) is 0 Å². The van der Waals surface area contributed by atoms with Crippen molar-refractivity contribution in [3.63, 3.8) is 0 Å². The number of aromatic nitrogens is 2. The second kappa shape index (κ2) is 4.92. The Balaban J connectivity index is 2.40. The van der Waals surface area contributed by atoms with Crippen LogP contribution in [-0.2, 0) is 0 Å². The van der Waals surface area contributed by atoms with Gasteiger partial charge in [-0.1, -0.05) is 17.8 Å². The summed E-state index contributed by atoms with van der Waals surface area (Å²) in [6, 6.07) is 4.54. The van der Waals surface area contributed by atoms with Crippen LogP contribution < -0.4 is 5.73 Å². The molecule has 3 N–H and O–H groups in total. The van der Waals surface area contributed by atoms with Crippen LogP contribution >= 0.6 is 11.8 Å². The van der Waals surface area contributed by atoms with Crippen molar-refractivity contribution >= 4 is 17.6 Å². The van der Waals surface area contributed by atoms with Crippen LogP contribution in [-0.4, -0.2) is 15.8 Å². The number of nitrogen functional groups attached to an aromatic ring is 1. The molecule has 86 valence electrons. The normalized spacial score (nSPS) is 10.2. The first-order valence-electron chi connectivity index (χ1n) is 4.75. The molecule has 1 aromatic heterocycles. The Kier molecular flexibility index (Phi) is 3.34. The van der Waals surface area contributed by atoms with Gasteiger partial charge in [0, 0.05) is 17.3 Å². The summed E-state index contributed by atoms with van der Waals surface area (Å²) >= 11 is 1.22. The molecule has 17 heavy (non-hydrogen) atoms. The molecule has 0 bridgehead atoms. The van der Waals surface area contributed by atoms with Crippen LogP contribution in [0, 0.1) is 11.2 Å². The highest BCUT2D eigenvalue weighted by Gasteiger charge is 2.12. The number of rotatable bonds is 3. The quantitative estimate of drug-likeness (QED) is 0.644. The molecule has 4 nitrogen and oxygen atoms in total. The highest BCUT2D eigenvalue weighted by molar-refractivity contribution is 7.99. The molecule has 0 aliphatic rings. The number of halogens is 1. The lowest BCUT2D eigenvalue weighted by Gasteiger charge is -2.07. The van der Waals surface area contributed by atoms with Gasteiger partial charge < -0.3 is 5.73 Å². The van der Waals surface area contributed by atoms with Gasteiger partial charge >= 0.3 is 0 Å². The highest BCUT2D eigenvalue weighted by Crippen LogP contribution is 2.29. The van der Waals surface area contributed by atoms with Gasteiger partial charge in [0.2, 0.25) is 0 Å². The second-order valence-corrected chi connectivity index (χ2v) is 4.23. The van der Waals surface area contributed by atoms with Crippen LogP contribution in [0.15, 0.2) is 46.7 Å². The van der Waals surface area contributed by atoms with Crippen LogP contribution in [0.3, 0.4) is 0 Å². The average molecular weight is 248 g/mol. The SMILES string of the molecule is N=C(N)c1c(F)cccc1Sc1cnccn1. The van der Waals surface area contributed by atoms with Crippen molar-refractivity contribution in [2.24, 2.45) is 5.73 Å². The van der Waals surface area contributed by atoms with Crippen LogP contribution in [0.5, 0.6) is 0 Å². The van der Waals surface area contributed by atoms with E-state index in [0.717, 1.165) is 0 Å². The number of nitrogens with one attached hydrogen (secondary N) is 1. The van der Waals surface area contributed by atoms with Gasteiger partial charge in [0.1, 0.15) is 16.7 Å². The van der Waals surface area contributed by atoms with Gasteiger partial charge in [-0.05, 0) is 12.1 Å². The zero-order valence-corrected chi connectivity index (χ0v) is 9.54. The third-order valence-electron chi connectivity index (χ3n) is 2.00. The molecule has 0 aliphatic heterocycles. The third-order valence-corrected chi connectivity index (χ3v) is 2.98. The Hall–Kier alpha value is -1.95. The van der Waals surface area contributed by atoms with Crippen molar-refractivity contribution in [2.45, 2.75) is 9.92 Å². The molecule has 1 aromatic carbocycles. The van der Waals surface area contributed by atoms with E-state index in [4.69, 9.17) is 11.1 Å². The largest absolute Gasteiger partial charge is 0.384 e. The Morgan fingerprint density at radius 2 is 2.18 bits per heavy atom. The number of hydrogen-bond acceptors (Lipinski definition) is 4. The number of amidine groups is 1. The van der Waals surface area contributed by atoms with Crippen molar-refractivity contribution < 1.29 is 4.39 Å². The zero-order valence-electron chi connectivity index (χ0n) is 8.72. The fourth-order valence-electron chi connectivity index (χ4n) is 1.30. The Morgan fingerprint density at radius 3 is 2.82 bits per heavy atom. The summed E-state index contributed by atoms with van der Waals surface area (Å²) < 4.78 is 13.5. The van der Waals surface area contributed by atoms with Gasteiger partial charge in [0.25, 0.3) is 0 Å². The van der Waals surface area contributed by atoms with Crippen molar-refractivity contribution in [3.05, 3.63) is 48.2 Å². The molecular formula is C11H9FN4S. The number of benzene rings is 1. The summed E-state index contributed by atoms with van der Waals surface area (Å²) in [7, 11) is 0. The molecule has 0 fully saturated rings. The minimum atomic E-state index is -0.508. The summed E-state index contributed by atoms with van der Waals surface area (Å²) in [5.41, 5.74) is 5.46. The zero-order chi connectivity index (χ0) is 12.3. The lowest BCUT2D eigenvalue weighted by molar-refractivity contribution is 0.621. The molecule has 0 unspecified atom stereocenters. The molecule has 0 saturated carbocycles. The van der Waals surface area contributed by atoms with Gasteiger partial charge in [-0.2, -0.15) is 0 Å². The van der Waals surface area contributed by atoms with Crippen LogP contribution in [0.4, 0.5) is 4.39 Å². The van der Waals surface area contributed by atoms with Gasteiger partial charge in [-0.3, -0.25) is 10.4 Å². The lowest BCUT2D eigenvalue weighted by atomic mass is 10.2. The minimum Gasteiger partial charge on any atom is -0.384 e. The first-order chi connectivity index (χ1) is 8.18. The van der Waals surface area contributed by atoms with Crippen molar-refractivity contribution in [1.82, 2.24) is 9.97 Å². The van der Waals surface area contributed by atoms with E-state index in [1.54, 1.807) is 30.7 Å². The highest BCUT2D eigenvalue weighted by atomic mass is 32.2. The van der Waals surface area contributed by atoms with Crippen molar-refractivity contribution in [2.75, 3.05) is 0 Å². The molecule has 1 heterocycles. The van der Waals surface area contributed by atoms with Gasteiger partial charge in [0.05, 0.1) is 11.8 Å². The van der Waals surface area contributed by atoms with E-state index in [1.165, 1.54) is 17.8 Å². The Morgan fingerprint density at radius 1 is 1.35 bits per heavy atom. The van der Waals surface area contributed by atoms with E-state index < -0.39 is 5.82 Å². The van der Waals surface area contributed by atoms with Crippen LogP contribution in [0.1, 0.15) is 5.56 Å². The van der Waals surface area contributed by atoms with E-state index >= 15 is 0 Å². The summed E-state index contributed by atoms with van der Waals surface area (Å²) in [6.45, 7) is 0. The molecule has 0 amide bonds. The van der Waals surface area contributed by atoms with E-state index in [2.05, 4.69) is 9.97 Å². The molecule has 0 atom stereocenters. The van der Waals surface area contributed by atoms with Gasteiger partial charge in [-0.15, -0.1) is 0 Å². The predicted octanol–water partition coefficient (Wildman–Crippen LogP) is 2.05. The molecule has 2 aromatic rings. The first-order valence-corrected chi connectivity index (χ1v) is 5.57. The average Bonchev–Trinajstić information content (AvgIpc) is 2.30. The number of hydrogen-bond donors (Lipinski definition) is 2. The molecule has 0 spiro atoms. The topological polar surface area (TPSA) is 75.7 Å². The Labute approximate surface area is 102 Å². The second-order valence-electron chi connectivity index (χ2n) is 3.17. The monoisotopic (exact) mass is 248 g/mol. The van der Waals surface area contributed by atoms with Gasteiger partial charge in [-0.25, -0.2) is 9.37 Å². The Bertz CT molecular complexity index is 544. The first kappa shape index (κ1) is 11.5. The molecule has 0 saturated heterocycles. The maximum atomic E-state index is 13.5. The molecule has 6 heteroatoms. The van der Waals surface area contributed by atoms with Crippen molar-refractivity contribution in [3.8, 4) is 0 Å². The number of nitrogens with two attached hydrogens (primary N) is 1. The smallest absolute Gasteiger partial charge is 0.135 e. The van der Waals surface area contributed by atoms with E-state index in [-0.39, 0.29) is 11.4 Å². The van der Waals surface area contributed by atoms with Crippen molar-refractivity contribution in [1.29, 1.82) is 5.41 Å². The van der Waals surface area contributed by atoms with Gasteiger partial charge in [0.15, 0.2) is 0 Å². The molecule has 2 rings (SSSR count).